The molecule has 0 heterocycles. The third kappa shape index (κ3) is 5.30. The fraction of sp³-hybridized carbons (Fsp3) is 1.00. The SMILES string of the molecule is CCCCCCCC(NC)C1CCC(C)C(C)C1. The first-order valence-electron chi connectivity index (χ1n) is 8.36. The third-order valence-electron chi connectivity index (χ3n) is 5.20. The van der Waals surface area contributed by atoms with Gasteiger partial charge in [-0.2, -0.15) is 0 Å². The fourth-order valence-corrected chi connectivity index (χ4v) is 3.54. The van der Waals surface area contributed by atoms with E-state index < -0.39 is 0 Å². The molecule has 0 saturated heterocycles. The molecule has 1 heteroatoms. The molecule has 0 aromatic rings. The Kier molecular flexibility index (Phi) is 7.97. The van der Waals surface area contributed by atoms with E-state index in [1.807, 2.05) is 0 Å². The van der Waals surface area contributed by atoms with Gasteiger partial charge in [-0.1, -0.05) is 59.3 Å². The molecule has 0 amide bonds. The van der Waals surface area contributed by atoms with Crippen molar-refractivity contribution in [3.8, 4) is 0 Å². The Morgan fingerprint density at radius 3 is 2.33 bits per heavy atom. The maximum absolute atomic E-state index is 3.60. The summed E-state index contributed by atoms with van der Waals surface area (Å²) in [4.78, 5) is 0. The Hall–Kier alpha value is -0.0400. The average Bonchev–Trinajstić information content (AvgIpc) is 2.37. The van der Waals surface area contributed by atoms with E-state index in [1.54, 1.807) is 0 Å². The van der Waals surface area contributed by atoms with Gasteiger partial charge in [-0.3, -0.25) is 0 Å². The van der Waals surface area contributed by atoms with Crippen molar-refractivity contribution in [2.75, 3.05) is 7.05 Å². The van der Waals surface area contributed by atoms with Gasteiger partial charge in [-0.05, 0) is 44.1 Å². The maximum atomic E-state index is 3.60. The smallest absolute Gasteiger partial charge is 0.00924 e. The molecule has 4 atom stereocenters. The summed E-state index contributed by atoms with van der Waals surface area (Å²) in [5.41, 5.74) is 0. The minimum absolute atomic E-state index is 0.779. The maximum Gasteiger partial charge on any atom is 0.00924 e. The summed E-state index contributed by atoms with van der Waals surface area (Å²) >= 11 is 0. The van der Waals surface area contributed by atoms with Crippen molar-refractivity contribution in [2.45, 2.75) is 84.6 Å². The minimum Gasteiger partial charge on any atom is -0.317 e. The molecule has 1 nitrogen and oxygen atoms in total. The van der Waals surface area contributed by atoms with Gasteiger partial charge < -0.3 is 5.32 Å². The van der Waals surface area contributed by atoms with Crippen molar-refractivity contribution in [1.82, 2.24) is 5.32 Å². The number of unbranched alkanes of at least 4 members (excludes halogenated alkanes) is 4. The highest BCUT2D eigenvalue weighted by Crippen LogP contribution is 2.36. The van der Waals surface area contributed by atoms with E-state index in [-0.39, 0.29) is 0 Å². The molecular weight excluding hydrogens is 218 g/mol. The van der Waals surface area contributed by atoms with Crippen LogP contribution in [-0.4, -0.2) is 13.1 Å². The zero-order valence-electron chi connectivity index (χ0n) is 13.2. The molecule has 0 aliphatic heterocycles. The Morgan fingerprint density at radius 2 is 1.72 bits per heavy atom. The quantitative estimate of drug-likeness (QED) is 0.600. The van der Waals surface area contributed by atoms with Crippen molar-refractivity contribution < 1.29 is 0 Å². The molecule has 1 fully saturated rings. The molecule has 0 aromatic carbocycles. The van der Waals surface area contributed by atoms with Gasteiger partial charge in [0.1, 0.15) is 0 Å². The molecule has 0 bridgehead atoms. The summed E-state index contributed by atoms with van der Waals surface area (Å²) in [5.74, 6) is 2.82. The Bertz CT molecular complexity index is 202. The van der Waals surface area contributed by atoms with Crippen molar-refractivity contribution in [1.29, 1.82) is 0 Å². The van der Waals surface area contributed by atoms with Crippen molar-refractivity contribution in [3.05, 3.63) is 0 Å². The highest BCUT2D eigenvalue weighted by atomic mass is 14.9. The van der Waals surface area contributed by atoms with Crippen molar-refractivity contribution in [2.24, 2.45) is 17.8 Å². The van der Waals surface area contributed by atoms with Gasteiger partial charge in [-0.25, -0.2) is 0 Å². The van der Waals surface area contributed by atoms with Crippen LogP contribution in [0.2, 0.25) is 0 Å². The zero-order valence-corrected chi connectivity index (χ0v) is 13.2. The van der Waals surface area contributed by atoms with Crippen molar-refractivity contribution in [3.63, 3.8) is 0 Å². The molecule has 1 aliphatic carbocycles. The lowest BCUT2D eigenvalue weighted by molar-refractivity contribution is 0.168. The predicted octanol–water partition coefficient (Wildman–Crippen LogP) is 5.01. The summed E-state index contributed by atoms with van der Waals surface area (Å²) in [6.45, 7) is 7.17. The molecule has 1 N–H and O–H groups in total. The first-order valence-corrected chi connectivity index (χ1v) is 8.36. The lowest BCUT2D eigenvalue weighted by Crippen LogP contribution is -2.37. The van der Waals surface area contributed by atoms with Gasteiger partial charge >= 0.3 is 0 Å². The lowest BCUT2D eigenvalue weighted by Gasteiger charge is -2.36. The van der Waals surface area contributed by atoms with E-state index in [2.05, 4.69) is 33.1 Å². The van der Waals surface area contributed by atoms with E-state index >= 15 is 0 Å². The van der Waals surface area contributed by atoms with Crippen molar-refractivity contribution >= 4 is 0 Å². The monoisotopic (exact) mass is 253 g/mol. The van der Waals surface area contributed by atoms with Gasteiger partial charge in [0.25, 0.3) is 0 Å². The highest BCUT2D eigenvalue weighted by Gasteiger charge is 2.28. The molecule has 1 saturated carbocycles. The second-order valence-corrected chi connectivity index (χ2v) is 6.63. The van der Waals surface area contributed by atoms with Gasteiger partial charge in [0.15, 0.2) is 0 Å². The van der Waals surface area contributed by atoms with Gasteiger partial charge in [0, 0.05) is 6.04 Å². The molecule has 108 valence electrons. The van der Waals surface area contributed by atoms with E-state index in [0.29, 0.717) is 0 Å². The lowest BCUT2D eigenvalue weighted by atomic mass is 9.72. The van der Waals surface area contributed by atoms with Gasteiger partial charge in [0.05, 0.1) is 0 Å². The van der Waals surface area contributed by atoms with Crippen LogP contribution in [0.1, 0.15) is 78.6 Å². The summed E-state index contributed by atoms with van der Waals surface area (Å²) < 4.78 is 0. The fourth-order valence-electron chi connectivity index (χ4n) is 3.54. The topological polar surface area (TPSA) is 12.0 Å². The van der Waals surface area contributed by atoms with Crippen LogP contribution in [0, 0.1) is 17.8 Å². The van der Waals surface area contributed by atoms with Gasteiger partial charge in [-0.15, -0.1) is 0 Å². The largest absolute Gasteiger partial charge is 0.317 e. The minimum atomic E-state index is 0.779. The average molecular weight is 253 g/mol. The first kappa shape index (κ1) is 16.0. The normalized spacial score (nSPS) is 30.3. The standard InChI is InChI=1S/C17H35N/c1-5-6-7-8-9-10-17(18-4)16-12-11-14(2)15(3)13-16/h14-18H,5-13H2,1-4H3. The first-order chi connectivity index (χ1) is 8.69. The van der Waals surface area contributed by atoms with Crippen LogP contribution in [0.3, 0.4) is 0 Å². The second-order valence-electron chi connectivity index (χ2n) is 6.63. The number of hydrogen-bond donors (Lipinski definition) is 1. The van der Waals surface area contributed by atoms with Crippen LogP contribution >= 0.6 is 0 Å². The van der Waals surface area contributed by atoms with E-state index in [4.69, 9.17) is 0 Å². The highest BCUT2D eigenvalue weighted by molar-refractivity contribution is 4.83. The number of rotatable bonds is 8. The zero-order chi connectivity index (χ0) is 13.4. The van der Waals surface area contributed by atoms with Gasteiger partial charge in [0.2, 0.25) is 0 Å². The Labute approximate surface area is 115 Å². The summed E-state index contributed by atoms with van der Waals surface area (Å²) in [5, 5.41) is 3.60. The van der Waals surface area contributed by atoms with Crippen LogP contribution in [-0.2, 0) is 0 Å². The molecule has 4 unspecified atom stereocenters. The third-order valence-corrected chi connectivity index (χ3v) is 5.20. The Balaban J connectivity index is 2.23. The van der Waals surface area contributed by atoms with E-state index in [9.17, 15) is 0 Å². The molecule has 0 radical (unpaired) electrons. The molecule has 18 heavy (non-hydrogen) atoms. The van der Waals surface area contributed by atoms with Crippen LogP contribution in [0.15, 0.2) is 0 Å². The molecule has 0 aromatic heterocycles. The molecule has 1 rings (SSSR count). The molecular formula is C17H35N. The van der Waals surface area contributed by atoms with E-state index in [1.165, 1.54) is 57.8 Å². The predicted molar refractivity (Wildman–Crippen MR) is 81.9 cm³/mol. The summed E-state index contributed by atoms with van der Waals surface area (Å²) in [6.07, 6.45) is 12.8. The summed E-state index contributed by atoms with van der Waals surface area (Å²) in [7, 11) is 2.17. The number of hydrogen-bond acceptors (Lipinski definition) is 1. The summed E-state index contributed by atoms with van der Waals surface area (Å²) in [6, 6.07) is 0.779. The molecule has 0 spiro atoms. The molecule has 1 aliphatic rings. The van der Waals surface area contributed by atoms with Crippen LogP contribution in [0.4, 0.5) is 0 Å². The van der Waals surface area contributed by atoms with Crippen LogP contribution < -0.4 is 5.32 Å². The van der Waals surface area contributed by atoms with Crippen LogP contribution in [0.25, 0.3) is 0 Å². The Morgan fingerprint density at radius 1 is 1.00 bits per heavy atom. The number of nitrogens with one attached hydrogen (secondary N) is 1. The second kappa shape index (κ2) is 8.96. The van der Waals surface area contributed by atoms with E-state index in [0.717, 1.165) is 23.8 Å². The van der Waals surface area contributed by atoms with Crippen LogP contribution in [0.5, 0.6) is 0 Å².